The Balaban J connectivity index is 1.79. The number of nitrogens with one attached hydrogen (secondary N) is 1. The Labute approximate surface area is 121 Å². The van der Waals surface area contributed by atoms with E-state index in [1.807, 2.05) is 12.1 Å². The lowest BCUT2D eigenvalue weighted by molar-refractivity contribution is -0.138. The molecule has 1 unspecified atom stereocenters. The molecule has 3 rings (SSSR count). The van der Waals surface area contributed by atoms with Gasteiger partial charge in [-0.1, -0.05) is 19.1 Å². The molecule has 104 valence electrons. The maximum Gasteiger partial charge on any atom is 0.312 e. The van der Waals surface area contributed by atoms with E-state index in [0.29, 0.717) is 6.42 Å². The zero-order valence-electron chi connectivity index (χ0n) is 11.2. The molecular formula is C15H16N2O2S. The number of thiazole rings is 1. The zero-order chi connectivity index (χ0) is 14.1. The fourth-order valence-electron chi connectivity index (χ4n) is 2.47. The maximum absolute atomic E-state index is 11.1. The zero-order valence-corrected chi connectivity index (χ0v) is 12.0. The number of carboxylic acid groups (broad SMARTS) is 1. The Bertz CT molecular complexity index is 634. The van der Waals surface area contributed by atoms with Crippen LogP contribution >= 0.6 is 11.3 Å². The van der Waals surface area contributed by atoms with Gasteiger partial charge in [0.1, 0.15) is 5.92 Å². The number of rotatable bonds is 4. The van der Waals surface area contributed by atoms with Crippen LogP contribution in [0.2, 0.25) is 0 Å². The highest BCUT2D eigenvalue weighted by Crippen LogP contribution is 2.39. The topological polar surface area (TPSA) is 62.2 Å². The van der Waals surface area contributed by atoms with Gasteiger partial charge in [-0.25, -0.2) is 4.98 Å². The van der Waals surface area contributed by atoms with Crippen molar-refractivity contribution in [1.29, 1.82) is 0 Å². The summed E-state index contributed by atoms with van der Waals surface area (Å²) < 4.78 is 0. The summed E-state index contributed by atoms with van der Waals surface area (Å²) in [6.45, 7) is 2.12. The Hall–Kier alpha value is -1.88. The molecule has 4 nitrogen and oxygen atoms in total. The van der Waals surface area contributed by atoms with Crippen LogP contribution < -0.4 is 5.32 Å². The molecule has 1 aliphatic carbocycles. The van der Waals surface area contributed by atoms with Crippen molar-refractivity contribution in [3.05, 3.63) is 40.4 Å². The molecule has 0 spiro atoms. The number of aromatic nitrogens is 1. The van der Waals surface area contributed by atoms with Crippen molar-refractivity contribution in [1.82, 2.24) is 4.98 Å². The Kier molecular flexibility index (Phi) is 3.44. The van der Waals surface area contributed by atoms with Crippen LogP contribution in [0.5, 0.6) is 0 Å². The summed E-state index contributed by atoms with van der Waals surface area (Å²) in [5.41, 5.74) is 3.03. The van der Waals surface area contributed by atoms with Crippen molar-refractivity contribution in [3.8, 4) is 0 Å². The first-order valence-corrected chi connectivity index (χ1v) is 7.57. The molecule has 1 aromatic heterocycles. The van der Waals surface area contributed by atoms with Gasteiger partial charge in [-0.05, 0) is 37.0 Å². The lowest BCUT2D eigenvalue weighted by Gasteiger charge is -2.05. The summed E-state index contributed by atoms with van der Waals surface area (Å²) >= 11 is 1.56. The van der Waals surface area contributed by atoms with Crippen molar-refractivity contribution in [2.45, 2.75) is 32.1 Å². The van der Waals surface area contributed by atoms with Crippen LogP contribution in [0.25, 0.3) is 0 Å². The van der Waals surface area contributed by atoms with Crippen LogP contribution in [0.1, 0.15) is 35.4 Å². The molecule has 0 saturated carbocycles. The molecule has 1 heterocycles. The van der Waals surface area contributed by atoms with Gasteiger partial charge in [0.25, 0.3) is 0 Å². The van der Waals surface area contributed by atoms with Gasteiger partial charge in [0, 0.05) is 10.6 Å². The predicted octanol–water partition coefficient (Wildman–Crippen LogP) is 3.56. The fourth-order valence-corrected chi connectivity index (χ4v) is 3.53. The van der Waals surface area contributed by atoms with Crippen molar-refractivity contribution in [3.63, 3.8) is 0 Å². The van der Waals surface area contributed by atoms with E-state index in [2.05, 4.69) is 29.4 Å². The van der Waals surface area contributed by atoms with Gasteiger partial charge in [0.15, 0.2) is 5.13 Å². The highest BCUT2D eigenvalue weighted by molar-refractivity contribution is 7.15. The van der Waals surface area contributed by atoms with E-state index in [0.717, 1.165) is 34.2 Å². The van der Waals surface area contributed by atoms with Crippen molar-refractivity contribution in [2.75, 3.05) is 5.32 Å². The van der Waals surface area contributed by atoms with Crippen LogP contribution in [0.4, 0.5) is 10.8 Å². The van der Waals surface area contributed by atoms with Crippen LogP contribution in [0.15, 0.2) is 24.3 Å². The van der Waals surface area contributed by atoms with Gasteiger partial charge in [-0.3, -0.25) is 4.79 Å². The summed E-state index contributed by atoms with van der Waals surface area (Å²) in [5, 5.41) is 13.2. The summed E-state index contributed by atoms with van der Waals surface area (Å²) in [6.07, 6.45) is 2.52. The van der Waals surface area contributed by atoms with E-state index in [9.17, 15) is 4.79 Å². The average Bonchev–Trinajstić information content (AvgIpc) is 2.98. The lowest BCUT2D eigenvalue weighted by Crippen LogP contribution is -2.08. The molecule has 0 fully saturated rings. The van der Waals surface area contributed by atoms with Gasteiger partial charge in [-0.15, -0.1) is 11.3 Å². The quantitative estimate of drug-likeness (QED) is 0.903. The monoisotopic (exact) mass is 288 g/mol. The van der Waals surface area contributed by atoms with E-state index < -0.39 is 11.9 Å². The largest absolute Gasteiger partial charge is 0.481 e. The van der Waals surface area contributed by atoms with Crippen LogP contribution in [-0.4, -0.2) is 16.1 Å². The van der Waals surface area contributed by atoms with E-state index in [-0.39, 0.29) is 0 Å². The van der Waals surface area contributed by atoms with Gasteiger partial charge in [-0.2, -0.15) is 0 Å². The number of aryl methyl sites for hydroxylation is 2. The minimum Gasteiger partial charge on any atom is -0.481 e. The molecule has 0 bridgehead atoms. The maximum atomic E-state index is 11.1. The number of anilines is 2. The van der Waals surface area contributed by atoms with Crippen molar-refractivity contribution < 1.29 is 9.90 Å². The first-order valence-electron chi connectivity index (χ1n) is 6.75. The van der Waals surface area contributed by atoms with Crippen molar-refractivity contribution in [2.24, 2.45) is 0 Å². The third kappa shape index (κ3) is 2.41. The van der Waals surface area contributed by atoms with Gasteiger partial charge < -0.3 is 10.4 Å². The molecule has 1 atom stereocenters. The van der Waals surface area contributed by atoms with E-state index >= 15 is 0 Å². The number of carbonyl (C=O) groups is 1. The van der Waals surface area contributed by atoms with E-state index in [4.69, 9.17) is 5.11 Å². The molecule has 1 aliphatic rings. The molecule has 0 amide bonds. The Morgan fingerprint density at radius 3 is 2.85 bits per heavy atom. The number of fused-ring (bicyclic) bond motifs is 1. The third-order valence-corrected chi connectivity index (χ3v) is 4.68. The molecule has 1 aromatic carbocycles. The van der Waals surface area contributed by atoms with E-state index in [1.54, 1.807) is 11.3 Å². The number of nitrogens with zero attached hydrogens (tertiary/aromatic N) is 1. The third-order valence-electron chi connectivity index (χ3n) is 3.63. The molecule has 20 heavy (non-hydrogen) atoms. The smallest absolute Gasteiger partial charge is 0.312 e. The normalized spacial score (nSPS) is 16.9. The predicted molar refractivity (Wildman–Crippen MR) is 79.9 cm³/mol. The minimum atomic E-state index is -0.770. The highest BCUT2D eigenvalue weighted by Gasteiger charge is 2.32. The number of carboxylic acids is 1. The van der Waals surface area contributed by atoms with Crippen LogP contribution in [0, 0.1) is 0 Å². The average molecular weight is 288 g/mol. The molecule has 2 N–H and O–H groups in total. The number of hydrogen-bond acceptors (Lipinski definition) is 4. The fraction of sp³-hybridized carbons (Fsp3) is 0.333. The molecular weight excluding hydrogens is 272 g/mol. The lowest BCUT2D eigenvalue weighted by atomic mass is 10.1. The van der Waals surface area contributed by atoms with Crippen LogP contribution in [0.3, 0.4) is 0 Å². The van der Waals surface area contributed by atoms with Gasteiger partial charge in [0.2, 0.25) is 0 Å². The number of aliphatic carboxylic acids is 1. The van der Waals surface area contributed by atoms with Gasteiger partial charge in [0.05, 0.1) is 5.69 Å². The molecule has 5 heteroatoms. The molecule has 0 radical (unpaired) electrons. The summed E-state index contributed by atoms with van der Waals surface area (Å²) in [5.74, 6) is -1.20. The molecule has 0 aliphatic heterocycles. The van der Waals surface area contributed by atoms with Gasteiger partial charge >= 0.3 is 5.97 Å². The summed E-state index contributed by atoms with van der Waals surface area (Å²) in [6, 6.07) is 8.23. The number of benzene rings is 1. The molecule has 2 aromatic rings. The molecule has 0 saturated heterocycles. The second-order valence-electron chi connectivity index (χ2n) is 4.93. The second kappa shape index (κ2) is 5.25. The van der Waals surface area contributed by atoms with Crippen molar-refractivity contribution >= 4 is 28.1 Å². The Morgan fingerprint density at radius 2 is 2.20 bits per heavy atom. The number of hydrogen-bond donors (Lipinski definition) is 2. The van der Waals surface area contributed by atoms with E-state index in [1.165, 1.54) is 5.56 Å². The standard InChI is InChI=1S/C15H16N2O2S/c1-2-9-3-5-10(6-4-9)16-15-17-13-11(14(18)19)7-8-12(13)20-15/h3-6,11H,2,7-8H2,1H3,(H,16,17)(H,18,19). The first kappa shape index (κ1) is 13.1. The Morgan fingerprint density at radius 1 is 1.45 bits per heavy atom. The summed E-state index contributed by atoms with van der Waals surface area (Å²) in [4.78, 5) is 16.7. The highest BCUT2D eigenvalue weighted by atomic mass is 32.1. The summed E-state index contributed by atoms with van der Waals surface area (Å²) in [7, 11) is 0. The second-order valence-corrected chi connectivity index (χ2v) is 6.02. The minimum absolute atomic E-state index is 0.431. The first-order chi connectivity index (χ1) is 9.67. The van der Waals surface area contributed by atoms with Crippen LogP contribution in [-0.2, 0) is 17.6 Å². The SMILES string of the molecule is CCc1ccc(Nc2nc3c(s2)CCC3C(=O)O)cc1.